The molecule has 1 aliphatic carbocycles. The molecular weight excluding hydrogens is 490 g/mol. The number of thiocarbonyl (C=S) groups is 1. The lowest BCUT2D eigenvalue weighted by Crippen LogP contribution is -2.29. The predicted octanol–water partition coefficient (Wildman–Crippen LogP) is 6.44. The second-order valence-electron chi connectivity index (χ2n) is 10.3. The molecule has 0 radical (unpaired) electrons. The molecule has 2 aliphatic rings. The van der Waals surface area contributed by atoms with E-state index in [0.29, 0.717) is 11.2 Å². The van der Waals surface area contributed by atoms with Gasteiger partial charge in [0.15, 0.2) is 5.11 Å². The van der Waals surface area contributed by atoms with Gasteiger partial charge in [0.25, 0.3) is 0 Å². The SMILES string of the molecule is Cc1cc([C@@H]2[C@H](c3ccccn3)NC(=S)N2c2ccc(OC3CCCC3)cc2)c(C)n1Cc1cccnc1. The standard InChI is InChI=1S/C31H33N5OS/c1-21-18-27(22(2)35(21)20-23-8-7-16-32-19-23)30-29(28-11-5-6-17-33-28)34-31(38)36(30)24-12-14-26(15-13-24)37-25-9-3-4-10-25/h5-8,11-19,25,29-30H,3-4,9-10,20H2,1-2H3,(H,34,38)/t29-,30+/m0/s1. The molecule has 7 heteroatoms. The average Bonchev–Trinajstić information content (AvgIpc) is 3.65. The molecule has 2 atom stereocenters. The molecule has 4 heterocycles. The predicted molar refractivity (Wildman–Crippen MR) is 155 cm³/mol. The van der Waals surface area contributed by atoms with Gasteiger partial charge in [0.1, 0.15) is 5.75 Å². The highest BCUT2D eigenvalue weighted by molar-refractivity contribution is 7.80. The van der Waals surface area contributed by atoms with Crippen molar-refractivity contribution in [1.82, 2.24) is 19.9 Å². The number of benzene rings is 1. The minimum absolute atomic E-state index is 0.0483. The number of ether oxygens (including phenoxy) is 1. The van der Waals surface area contributed by atoms with Crippen LogP contribution in [0.15, 0.2) is 79.3 Å². The van der Waals surface area contributed by atoms with Crippen molar-refractivity contribution in [1.29, 1.82) is 0 Å². The first-order chi connectivity index (χ1) is 18.6. The van der Waals surface area contributed by atoms with Crippen LogP contribution < -0.4 is 15.0 Å². The molecule has 1 aliphatic heterocycles. The minimum Gasteiger partial charge on any atom is -0.490 e. The first-order valence-electron chi connectivity index (χ1n) is 13.4. The topological polar surface area (TPSA) is 55.2 Å². The lowest BCUT2D eigenvalue weighted by molar-refractivity contribution is 0.210. The molecule has 194 valence electrons. The van der Waals surface area contributed by atoms with E-state index in [2.05, 4.69) is 76.1 Å². The fourth-order valence-corrected chi connectivity index (χ4v) is 6.22. The summed E-state index contributed by atoms with van der Waals surface area (Å²) in [7, 11) is 0. The van der Waals surface area contributed by atoms with Crippen LogP contribution in [0.3, 0.4) is 0 Å². The van der Waals surface area contributed by atoms with Crippen LogP contribution in [0, 0.1) is 13.8 Å². The van der Waals surface area contributed by atoms with Crippen molar-refractivity contribution in [2.45, 2.75) is 64.3 Å². The van der Waals surface area contributed by atoms with Crippen molar-refractivity contribution in [3.05, 3.63) is 107 Å². The molecule has 0 bridgehead atoms. The van der Waals surface area contributed by atoms with Gasteiger partial charge in [-0.1, -0.05) is 12.1 Å². The summed E-state index contributed by atoms with van der Waals surface area (Å²) in [6.07, 6.45) is 10.7. The summed E-state index contributed by atoms with van der Waals surface area (Å²) in [6, 6.07) is 20.7. The Kier molecular flexibility index (Phi) is 6.85. The Morgan fingerprint density at radius 2 is 1.82 bits per heavy atom. The van der Waals surface area contributed by atoms with E-state index in [0.717, 1.165) is 36.5 Å². The minimum atomic E-state index is -0.0783. The number of nitrogens with zero attached hydrogens (tertiary/aromatic N) is 4. The molecular formula is C31H33N5OS. The van der Waals surface area contributed by atoms with E-state index < -0.39 is 0 Å². The van der Waals surface area contributed by atoms with E-state index in [4.69, 9.17) is 21.9 Å². The first-order valence-corrected chi connectivity index (χ1v) is 13.8. The number of aromatic nitrogens is 3. The first kappa shape index (κ1) is 24.6. The quantitative estimate of drug-likeness (QED) is 0.281. The summed E-state index contributed by atoms with van der Waals surface area (Å²) >= 11 is 5.95. The number of hydrogen-bond donors (Lipinski definition) is 1. The van der Waals surface area contributed by atoms with E-state index in [-0.39, 0.29) is 12.1 Å². The van der Waals surface area contributed by atoms with Gasteiger partial charge in [-0.3, -0.25) is 9.97 Å². The normalized spacial score (nSPS) is 19.6. The zero-order valence-electron chi connectivity index (χ0n) is 21.9. The average molecular weight is 524 g/mol. The molecule has 2 fully saturated rings. The second-order valence-corrected chi connectivity index (χ2v) is 10.7. The Bertz CT molecular complexity index is 1400. The van der Waals surface area contributed by atoms with Gasteiger partial charge in [-0.05, 0) is 111 Å². The van der Waals surface area contributed by atoms with Crippen molar-refractivity contribution >= 4 is 23.0 Å². The van der Waals surface area contributed by atoms with Gasteiger partial charge in [0.2, 0.25) is 0 Å². The van der Waals surface area contributed by atoms with Gasteiger partial charge in [-0.25, -0.2) is 0 Å². The summed E-state index contributed by atoms with van der Waals surface area (Å²) < 4.78 is 8.59. The van der Waals surface area contributed by atoms with Crippen LogP contribution in [0.2, 0.25) is 0 Å². The fraction of sp³-hybridized carbons (Fsp3) is 0.323. The lowest BCUT2D eigenvalue weighted by Gasteiger charge is -2.28. The van der Waals surface area contributed by atoms with Crippen LogP contribution in [0.25, 0.3) is 0 Å². The molecule has 0 amide bonds. The molecule has 1 saturated carbocycles. The van der Waals surface area contributed by atoms with Crippen LogP contribution in [0.5, 0.6) is 5.75 Å². The van der Waals surface area contributed by atoms with Crippen molar-refractivity contribution < 1.29 is 4.74 Å². The lowest BCUT2D eigenvalue weighted by atomic mass is 9.96. The number of aryl methyl sites for hydroxylation is 1. The second kappa shape index (κ2) is 10.6. The molecule has 6 rings (SSSR count). The van der Waals surface area contributed by atoms with E-state index in [9.17, 15) is 0 Å². The molecule has 4 aromatic rings. The smallest absolute Gasteiger partial charge is 0.174 e. The molecule has 0 unspecified atom stereocenters. The molecule has 1 aromatic carbocycles. The Morgan fingerprint density at radius 1 is 1.00 bits per heavy atom. The van der Waals surface area contributed by atoms with Gasteiger partial charge in [-0.2, -0.15) is 0 Å². The van der Waals surface area contributed by atoms with Crippen LogP contribution in [0.4, 0.5) is 5.69 Å². The number of hydrogen-bond acceptors (Lipinski definition) is 4. The summed E-state index contributed by atoms with van der Waals surface area (Å²) in [4.78, 5) is 11.3. The maximum atomic E-state index is 6.23. The van der Waals surface area contributed by atoms with Crippen molar-refractivity contribution in [3.63, 3.8) is 0 Å². The van der Waals surface area contributed by atoms with Crippen molar-refractivity contribution in [3.8, 4) is 5.75 Å². The van der Waals surface area contributed by atoms with E-state index in [1.165, 1.54) is 35.4 Å². The summed E-state index contributed by atoms with van der Waals surface area (Å²) in [5.74, 6) is 0.922. The highest BCUT2D eigenvalue weighted by Gasteiger charge is 2.42. The van der Waals surface area contributed by atoms with E-state index in [1.54, 1.807) is 0 Å². The largest absolute Gasteiger partial charge is 0.490 e. The molecule has 6 nitrogen and oxygen atoms in total. The number of rotatable bonds is 7. The van der Waals surface area contributed by atoms with Gasteiger partial charge in [0.05, 0.1) is 23.9 Å². The van der Waals surface area contributed by atoms with Crippen LogP contribution in [-0.4, -0.2) is 25.8 Å². The highest BCUT2D eigenvalue weighted by atomic mass is 32.1. The van der Waals surface area contributed by atoms with Gasteiger partial charge < -0.3 is 19.5 Å². The molecule has 3 aromatic heterocycles. The Balaban J connectivity index is 1.37. The maximum Gasteiger partial charge on any atom is 0.174 e. The Labute approximate surface area is 229 Å². The third-order valence-electron chi connectivity index (χ3n) is 7.81. The zero-order chi connectivity index (χ0) is 26.1. The molecule has 1 saturated heterocycles. The van der Waals surface area contributed by atoms with Crippen LogP contribution >= 0.6 is 12.2 Å². The zero-order valence-corrected chi connectivity index (χ0v) is 22.7. The number of anilines is 1. The number of pyridine rings is 2. The van der Waals surface area contributed by atoms with Gasteiger partial charge >= 0.3 is 0 Å². The molecule has 38 heavy (non-hydrogen) atoms. The Hall–Kier alpha value is -3.71. The van der Waals surface area contributed by atoms with Crippen molar-refractivity contribution in [2.24, 2.45) is 0 Å². The summed E-state index contributed by atoms with van der Waals surface area (Å²) in [5.41, 5.74) is 6.86. The highest BCUT2D eigenvalue weighted by Crippen LogP contribution is 2.43. The van der Waals surface area contributed by atoms with Gasteiger partial charge in [-0.15, -0.1) is 0 Å². The summed E-state index contributed by atoms with van der Waals surface area (Å²) in [5, 5.41) is 4.29. The maximum absolute atomic E-state index is 6.23. The summed E-state index contributed by atoms with van der Waals surface area (Å²) in [6.45, 7) is 5.15. The molecule has 1 N–H and O–H groups in total. The number of nitrogens with one attached hydrogen (secondary N) is 1. The third kappa shape index (κ3) is 4.78. The third-order valence-corrected chi connectivity index (χ3v) is 8.13. The van der Waals surface area contributed by atoms with Crippen molar-refractivity contribution in [2.75, 3.05) is 4.90 Å². The Morgan fingerprint density at radius 3 is 2.53 bits per heavy atom. The molecule has 0 spiro atoms. The monoisotopic (exact) mass is 523 g/mol. The van der Waals surface area contributed by atoms with E-state index in [1.807, 2.05) is 36.8 Å². The van der Waals surface area contributed by atoms with E-state index >= 15 is 0 Å². The van der Waals surface area contributed by atoms with Gasteiger partial charge in [0, 0.05) is 42.2 Å². The van der Waals surface area contributed by atoms with Crippen LogP contribution in [-0.2, 0) is 6.54 Å². The van der Waals surface area contributed by atoms with Crippen LogP contribution in [0.1, 0.15) is 66.0 Å². The fourth-order valence-electron chi connectivity index (χ4n) is 5.88.